The van der Waals surface area contributed by atoms with Crippen LogP contribution in [0.2, 0.25) is 0 Å². The minimum Gasteiger partial charge on any atom is -0.372 e. The van der Waals surface area contributed by atoms with Crippen LogP contribution in [-0.4, -0.2) is 26.7 Å². The van der Waals surface area contributed by atoms with Crippen molar-refractivity contribution in [1.82, 2.24) is 4.72 Å². The molecule has 0 aromatic heterocycles. The molecule has 0 spiro atoms. The van der Waals surface area contributed by atoms with Gasteiger partial charge in [0.15, 0.2) is 6.23 Å². The molecule has 74 valence electrons. The molecule has 3 nitrogen and oxygen atoms in total. The predicted molar refractivity (Wildman–Crippen MR) is 43.0 cm³/mol. The molecule has 0 bridgehead atoms. The van der Waals surface area contributed by atoms with Crippen molar-refractivity contribution in [3.05, 3.63) is 0 Å². The van der Waals surface area contributed by atoms with E-state index in [1.807, 2.05) is 4.72 Å². The van der Waals surface area contributed by atoms with Crippen molar-refractivity contribution in [1.29, 1.82) is 0 Å². The fraction of sp³-hybridized carbons (Fsp3) is 1.00. The van der Waals surface area contributed by atoms with Crippen LogP contribution >= 0.6 is 0 Å². The van der Waals surface area contributed by atoms with Crippen LogP contribution in [-0.2, 0) is 11.0 Å². The van der Waals surface area contributed by atoms with Crippen LogP contribution in [0.1, 0.15) is 20.8 Å². The molecule has 0 radical (unpaired) electrons. The molecule has 0 aromatic carbocycles. The Labute approximate surface area is 72.7 Å². The van der Waals surface area contributed by atoms with Crippen LogP contribution in [0, 0.1) is 0 Å². The molecule has 0 saturated heterocycles. The zero-order chi connectivity index (χ0) is 9.94. The second-order valence-corrected chi connectivity index (χ2v) is 5.28. The third-order valence-corrected chi connectivity index (χ3v) is 2.59. The first-order valence-corrected chi connectivity index (χ1v) is 4.54. The van der Waals surface area contributed by atoms with E-state index < -0.39 is 28.4 Å². The van der Waals surface area contributed by atoms with Gasteiger partial charge in [0.2, 0.25) is 0 Å². The Morgan fingerprint density at radius 2 is 1.83 bits per heavy atom. The molecule has 0 unspecified atom stereocenters. The topological polar surface area (TPSA) is 49.3 Å². The molecular weight excluding hydrogens is 188 g/mol. The lowest BCUT2D eigenvalue weighted by molar-refractivity contribution is -0.01000. The summed E-state index contributed by atoms with van der Waals surface area (Å²) in [6.45, 7) is 4.86. The van der Waals surface area contributed by atoms with E-state index in [1.54, 1.807) is 20.8 Å². The van der Waals surface area contributed by atoms with E-state index in [1.165, 1.54) is 0 Å². The number of aliphatic hydroxyl groups is 1. The van der Waals surface area contributed by atoms with Crippen molar-refractivity contribution in [2.75, 3.05) is 0 Å². The zero-order valence-electron chi connectivity index (χ0n) is 7.17. The van der Waals surface area contributed by atoms with Gasteiger partial charge in [-0.25, -0.2) is 17.7 Å². The fourth-order valence-electron chi connectivity index (χ4n) is 0.338. The first kappa shape index (κ1) is 11.9. The lowest BCUT2D eigenvalue weighted by atomic mass is 10.3. The number of hydrogen-bond acceptors (Lipinski definition) is 2. The molecule has 2 atom stereocenters. The lowest BCUT2D eigenvalue weighted by Crippen LogP contribution is -2.43. The van der Waals surface area contributed by atoms with E-state index >= 15 is 0 Å². The van der Waals surface area contributed by atoms with Gasteiger partial charge in [-0.3, -0.25) is 0 Å². The molecule has 12 heavy (non-hydrogen) atoms. The highest BCUT2D eigenvalue weighted by molar-refractivity contribution is 7.84. The second kappa shape index (κ2) is 4.25. The molecule has 0 amide bonds. The Morgan fingerprint density at radius 1 is 1.42 bits per heavy atom. The van der Waals surface area contributed by atoms with Crippen molar-refractivity contribution >= 4 is 11.0 Å². The summed E-state index contributed by atoms with van der Waals surface area (Å²) >= 11 is 0. The van der Waals surface area contributed by atoms with E-state index in [4.69, 9.17) is 5.11 Å². The highest BCUT2D eigenvalue weighted by Crippen LogP contribution is 2.10. The van der Waals surface area contributed by atoms with Gasteiger partial charge in [-0.1, -0.05) is 0 Å². The fourth-order valence-corrected chi connectivity index (χ4v) is 1.01. The van der Waals surface area contributed by atoms with Crippen LogP contribution in [0.15, 0.2) is 0 Å². The van der Waals surface area contributed by atoms with E-state index in [-0.39, 0.29) is 0 Å². The zero-order valence-corrected chi connectivity index (χ0v) is 7.99. The second-order valence-electron chi connectivity index (χ2n) is 3.28. The summed E-state index contributed by atoms with van der Waals surface area (Å²) in [6.07, 6.45) is -4.94. The number of alkyl halides is 2. The molecule has 6 heteroatoms. The minimum absolute atomic E-state index is 0.657. The Kier molecular flexibility index (Phi) is 4.22. The van der Waals surface area contributed by atoms with Gasteiger partial charge in [0, 0.05) is 0 Å². The van der Waals surface area contributed by atoms with E-state index in [2.05, 4.69) is 0 Å². The first-order valence-electron chi connectivity index (χ1n) is 3.39. The number of nitrogens with one attached hydrogen (secondary N) is 1. The Balaban J connectivity index is 4.02. The van der Waals surface area contributed by atoms with E-state index in [0.717, 1.165) is 0 Å². The van der Waals surface area contributed by atoms with Gasteiger partial charge in [0.05, 0.1) is 15.7 Å². The molecule has 0 fully saturated rings. The summed E-state index contributed by atoms with van der Waals surface area (Å²) in [4.78, 5) is 0. The van der Waals surface area contributed by atoms with Crippen molar-refractivity contribution in [2.24, 2.45) is 0 Å². The van der Waals surface area contributed by atoms with Crippen LogP contribution in [0.25, 0.3) is 0 Å². The van der Waals surface area contributed by atoms with E-state index in [9.17, 15) is 13.0 Å². The van der Waals surface area contributed by atoms with Crippen LogP contribution < -0.4 is 4.72 Å². The summed E-state index contributed by atoms with van der Waals surface area (Å²) in [5.74, 6) is 0. The van der Waals surface area contributed by atoms with Crippen LogP contribution in [0.3, 0.4) is 0 Å². The van der Waals surface area contributed by atoms with Crippen molar-refractivity contribution in [3.8, 4) is 0 Å². The number of rotatable bonds is 3. The molecule has 0 saturated carbocycles. The maximum absolute atomic E-state index is 11.7. The lowest BCUT2D eigenvalue weighted by Gasteiger charge is -2.20. The largest absolute Gasteiger partial charge is 0.372 e. The van der Waals surface area contributed by atoms with Gasteiger partial charge in [0.1, 0.15) is 0 Å². The Morgan fingerprint density at radius 3 is 2.08 bits per heavy atom. The number of hydrogen-bond donors (Lipinski definition) is 2. The smallest absolute Gasteiger partial charge is 0.278 e. The molecule has 0 aliphatic heterocycles. The summed E-state index contributed by atoms with van der Waals surface area (Å²) in [5.41, 5.74) is 0. The quantitative estimate of drug-likeness (QED) is 0.658. The average molecular weight is 201 g/mol. The SMILES string of the molecule is CC(C)(C)[S@](=O)N[C@@H](O)C(F)F. The van der Waals surface area contributed by atoms with Gasteiger partial charge in [-0.05, 0) is 20.8 Å². The van der Waals surface area contributed by atoms with Gasteiger partial charge in [0.25, 0.3) is 6.43 Å². The van der Waals surface area contributed by atoms with Crippen molar-refractivity contribution in [2.45, 2.75) is 38.2 Å². The number of aliphatic hydroxyl groups excluding tert-OH is 1. The van der Waals surface area contributed by atoms with Crippen molar-refractivity contribution < 1.29 is 18.1 Å². The molecule has 2 N–H and O–H groups in total. The van der Waals surface area contributed by atoms with Gasteiger partial charge >= 0.3 is 0 Å². The molecule has 0 rings (SSSR count). The standard InChI is InChI=1S/C6H13F2NO2S/c1-6(2,3)12(11)9-5(10)4(7)8/h4-5,9-10H,1-3H3/t5-,12-/m0/s1. The Bertz CT molecular complexity index is 169. The molecule has 0 aromatic rings. The van der Waals surface area contributed by atoms with Gasteiger partial charge in [-0.2, -0.15) is 0 Å². The monoisotopic (exact) mass is 201 g/mol. The van der Waals surface area contributed by atoms with Crippen LogP contribution in [0.4, 0.5) is 8.78 Å². The predicted octanol–water partition coefficient (Wildman–Crippen LogP) is 0.622. The normalized spacial score (nSPS) is 17.9. The molecule has 0 aliphatic carbocycles. The summed E-state index contributed by atoms with van der Waals surface area (Å²) in [6, 6.07) is 0. The Hall–Kier alpha value is -0.0700. The van der Waals surface area contributed by atoms with Gasteiger partial charge in [-0.15, -0.1) is 0 Å². The maximum Gasteiger partial charge on any atom is 0.278 e. The molecule has 0 heterocycles. The molecule has 0 aliphatic rings. The van der Waals surface area contributed by atoms with Crippen molar-refractivity contribution in [3.63, 3.8) is 0 Å². The summed E-state index contributed by atoms with van der Waals surface area (Å²) < 4.78 is 35.8. The summed E-state index contributed by atoms with van der Waals surface area (Å²) in [7, 11) is -1.67. The third-order valence-electron chi connectivity index (χ3n) is 1.02. The highest BCUT2D eigenvalue weighted by atomic mass is 32.2. The third kappa shape index (κ3) is 4.08. The first-order chi connectivity index (χ1) is 5.25. The molecular formula is C6H13F2NO2S. The highest BCUT2D eigenvalue weighted by Gasteiger charge is 2.25. The number of halogens is 2. The average Bonchev–Trinajstić information content (AvgIpc) is 1.85. The summed E-state index contributed by atoms with van der Waals surface area (Å²) in [5, 5.41) is 8.61. The van der Waals surface area contributed by atoms with Crippen LogP contribution in [0.5, 0.6) is 0 Å². The maximum atomic E-state index is 11.7. The minimum atomic E-state index is -2.92. The van der Waals surface area contributed by atoms with E-state index in [0.29, 0.717) is 0 Å². The van der Waals surface area contributed by atoms with Gasteiger partial charge < -0.3 is 5.11 Å².